The second kappa shape index (κ2) is 7.49. The number of hydrogen-bond acceptors (Lipinski definition) is 3. The number of nitrogens with zero attached hydrogens (tertiary/aromatic N) is 2. The average Bonchev–Trinajstić information content (AvgIpc) is 2.61. The maximum absolute atomic E-state index is 12.7. The number of carbonyl (C=O) groups excluding carboxylic acids is 1. The van der Waals surface area contributed by atoms with Crippen molar-refractivity contribution in [1.82, 2.24) is 4.90 Å². The van der Waals surface area contributed by atoms with Gasteiger partial charge in [-0.25, -0.2) is 0 Å². The van der Waals surface area contributed by atoms with E-state index in [-0.39, 0.29) is 5.91 Å². The number of benzene rings is 2. The standard InChI is InChI=1S/C20H24N2O2/c1-21(14-16-9-11-18(24-2)12-10-16)15-20(23)22-13-5-7-17-6-3-4-8-19(17)22/h3-4,6,8-12H,5,7,13-15H2,1-2H3. The fourth-order valence-corrected chi connectivity index (χ4v) is 3.21. The summed E-state index contributed by atoms with van der Waals surface area (Å²) in [4.78, 5) is 16.7. The van der Waals surface area contributed by atoms with Crippen LogP contribution in [0.4, 0.5) is 5.69 Å². The first-order valence-corrected chi connectivity index (χ1v) is 8.37. The van der Waals surface area contributed by atoms with Crippen molar-refractivity contribution in [3.05, 3.63) is 59.7 Å². The lowest BCUT2D eigenvalue weighted by Gasteiger charge is -2.31. The Kier molecular flexibility index (Phi) is 5.16. The molecule has 0 radical (unpaired) electrons. The minimum Gasteiger partial charge on any atom is -0.497 e. The highest BCUT2D eigenvalue weighted by atomic mass is 16.5. The van der Waals surface area contributed by atoms with Crippen LogP contribution in [-0.4, -0.2) is 38.1 Å². The van der Waals surface area contributed by atoms with Crippen molar-refractivity contribution in [1.29, 1.82) is 0 Å². The molecule has 3 rings (SSSR count). The smallest absolute Gasteiger partial charge is 0.241 e. The molecule has 0 bridgehead atoms. The van der Waals surface area contributed by atoms with E-state index in [2.05, 4.69) is 17.0 Å². The van der Waals surface area contributed by atoms with Crippen LogP contribution in [0.25, 0.3) is 0 Å². The minimum absolute atomic E-state index is 0.165. The van der Waals surface area contributed by atoms with Crippen molar-refractivity contribution in [3.63, 3.8) is 0 Å². The molecule has 0 N–H and O–H groups in total. The SMILES string of the molecule is COc1ccc(CN(C)CC(=O)N2CCCc3ccccc32)cc1. The summed E-state index contributed by atoms with van der Waals surface area (Å²) in [5.74, 6) is 1.01. The molecule has 4 heteroatoms. The molecule has 2 aromatic rings. The van der Waals surface area contributed by atoms with Gasteiger partial charge in [-0.05, 0) is 49.2 Å². The Morgan fingerprint density at radius 2 is 1.92 bits per heavy atom. The number of amides is 1. The molecule has 4 nitrogen and oxygen atoms in total. The zero-order valence-corrected chi connectivity index (χ0v) is 14.4. The van der Waals surface area contributed by atoms with Crippen LogP contribution in [0.15, 0.2) is 48.5 Å². The van der Waals surface area contributed by atoms with Crippen molar-refractivity contribution in [2.75, 3.05) is 32.1 Å². The first kappa shape index (κ1) is 16.5. The van der Waals surface area contributed by atoms with E-state index < -0.39 is 0 Å². The number of aryl methyl sites for hydroxylation is 1. The Balaban J connectivity index is 1.62. The van der Waals surface area contributed by atoms with Gasteiger partial charge in [0.25, 0.3) is 0 Å². The molecular formula is C20H24N2O2. The average molecular weight is 324 g/mol. The highest BCUT2D eigenvalue weighted by Gasteiger charge is 2.22. The lowest BCUT2D eigenvalue weighted by molar-refractivity contribution is -0.119. The van der Waals surface area contributed by atoms with Crippen LogP contribution in [0.5, 0.6) is 5.75 Å². The van der Waals surface area contributed by atoms with E-state index in [1.807, 2.05) is 48.3 Å². The molecule has 0 saturated heterocycles. The molecular weight excluding hydrogens is 300 g/mol. The zero-order valence-electron chi connectivity index (χ0n) is 14.4. The Bertz CT molecular complexity index is 697. The van der Waals surface area contributed by atoms with E-state index in [0.717, 1.165) is 37.4 Å². The maximum atomic E-state index is 12.7. The monoisotopic (exact) mass is 324 g/mol. The second-order valence-corrected chi connectivity index (χ2v) is 6.30. The largest absolute Gasteiger partial charge is 0.497 e. The number of carbonyl (C=O) groups is 1. The van der Waals surface area contributed by atoms with Gasteiger partial charge < -0.3 is 9.64 Å². The normalized spacial score (nSPS) is 13.7. The molecule has 2 aromatic carbocycles. The topological polar surface area (TPSA) is 32.8 Å². The van der Waals surface area contributed by atoms with E-state index in [9.17, 15) is 4.79 Å². The third-order valence-corrected chi connectivity index (χ3v) is 4.43. The van der Waals surface area contributed by atoms with Crippen molar-refractivity contribution in [2.24, 2.45) is 0 Å². The molecule has 0 fully saturated rings. The molecule has 126 valence electrons. The summed E-state index contributed by atoms with van der Waals surface area (Å²) in [6.07, 6.45) is 2.09. The predicted molar refractivity (Wildman–Crippen MR) is 96.4 cm³/mol. The number of ether oxygens (including phenoxy) is 1. The van der Waals surface area contributed by atoms with Gasteiger partial charge in [0.1, 0.15) is 5.75 Å². The summed E-state index contributed by atoms with van der Waals surface area (Å²) in [5, 5.41) is 0. The highest BCUT2D eigenvalue weighted by Crippen LogP contribution is 2.26. The van der Waals surface area contributed by atoms with Gasteiger partial charge in [0.2, 0.25) is 5.91 Å². The van der Waals surface area contributed by atoms with Crippen molar-refractivity contribution >= 4 is 11.6 Å². The number of hydrogen-bond donors (Lipinski definition) is 0. The molecule has 1 amide bonds. The summed E-state index contributed by atoms with van der Waals surface area (Å²) in [6.45, 7) is 1.97. The molecule has 1 aliphatic rings. The van der Waals surface area contributed by atoms with E-state index in [1.165, 1.54) is 11.1 Å². The third-order valence-electron chi connectivity index (χ3n) is 4.43. The van der Waals surface area contributed by atoms with Gasteiger partial charge in [-0.15, -0.1) is 0 Å². The quantitative estimate of drug-likeness (QED) is 0.847. The van der Waals surface area contributed by atoms with Crippen LogP contribution < -0.4 is 9.64 Å². The number of fused-ring (bicyclic) bond motifs is 1. The lowest BCUT2D eigenvalue weighted by atomic mass is 10.0. The molecule has 24 heavy (non-hydrogen) atoms. The van der Waals surface area contributed by atoms with Gasteiger partial charge in [-0.3, -0.25) is 9.69 Å². The Morgan fingerprint density at radius 3 is 2.67 bits per heavy atom. The molecule has 0 aliphatic carbocycles. The van der Waals surface area contributed by atoms with Crippen molar-refractivity contribution in [3.8, 4) is 5.75 Å². The highest BCUT2D eigenvalue weighted by molar-refractivity contribution is 5.95. The van der Waals surface area contributed by atoms with Crippen LogP contribution in [-0.2, 0) is 17.8 Å². The first-order chi connectivity index (χ1) is 11.7. The second-order valence-electron chi connectivity index (χ2n) is 6.30. The number of anilines is 1. The Hall–Kier alpha value is -2.33. The summed E-state index contributed by atoms with van der Waals surface area (Å²) >= 11 is 0. The van der Waals surface area contributed by atoms with Gasteiger partial charge >= 0.3 is 0 Å². The molecule has 1 heterocycles. The van der Waals surface area contributed by atoms with Gasteiger partial charge in [-0.1, -0.05) is 30.3 Å². The number of methoxy groups -OCH3 is 1. The molecule has 0 saturated carbocycles. The number of rotatable bonds is 5. The lowest BCUT2D eigenvalue weighted by Crippen LogP contribution is -2.41. The van der Waals surface area contributed by atoms with Gasteiger partial charge in [0, 0.05) is 18.8 Å². The van der Waals surface area contributed by atoms with Gasteiger partial charge in [0.05, 0.1) is 13.7 Å². The maximum Gasteiger partial charge on any atom is 0.241 e. The summed E-state index contributed by atoms with van der Waals surface area (Å²) in [7, 11) is 3.65. The van der Waals surface area contributed by atoms with Crippen molar-refractivity contribution < 1.29 is 9.53 Å². The summed E-state index contributed by atoms with van der Waals surface area (Å²) in [5.41, 5.74) is 3.52. The Labute approximate surface area is 143 Å². The van der Waals surface area contributed by atoms with Crippen LogP contribution in [0.3, 0.4) is 0 Å². The summed E-state index contributed by atoms with van der Waals surface area (Å²) < 4.78 is 5.18. The van der Waals surface area contributed by atoms with Crippen molar-refractivity contribution in [2.45, 2.75) is 19.4 Å². The fraction of sp³-hybridized carbons (Fsp3) is 0.350. The van der Waals surface area contributed by atoms with Gasteiger partial charge in [-0.2, -0.15) is 0 Å². The van der Waals surface area contributed by atoms with E-state index in [0.29, 0.717) is 6.54 Å². The van der Waals surface area contributed by atoms with Crippen LogP contribution in [0.1, 0.15) is 17.5 Å². The fourth-order valence-electron chi connectivity index (χ4n) is 3.21. The molecule has 0 spiro atoms. The van der Waals surface area contributed by atoms with Crippen LogP contribution >= 0.6 is 0 Å². The number of likely N-dealkylation sites (N-methyl/N-ethyl adjacent to an activating group) is 1. The Morgan fingerprint density at radius 1 is 1.17 bits per heavy atom. The van der Waals surface area contributed by atoms with E-state index in [1.54, 1.807) is 7.11 Å². The molecule has 0 unspecified atom stereocenters. The minimum atomic E-state index is 0.165. The predicted octanol–water partition coefficient (Wildman–Crippen LogP) is 3.11. The van der Waals surface area contributed by atoms with Crippen LogP contribution in [0, 0.1) is 0 Å². The zero-order chi connectivity index (χ0) is 16.9. The van der Waals surface area contributed by atoms with E-state index in [4.69, 9.17) is 4.74 Å². The third kappa shape index (κ3) is 3.77. The first-order valence-electron chi connectivity index (χ1n) is 8.37. The van der Waals surface area contributed by atoms with Crippen LogP contribution in [0.2, 0.25) is 0 Å². The number of para-hydroxylation sites is 1. The van der Waals surface area contributed by atoms with E-state index >= 15 is 0 Å². The van der Waals surface area contributed by atoms with Gasteiger partial charge in [0.15, 0.2) is 0 Å². The molecule has 0 aromatic heterocycles. The molecule has 0 atom stereocenters. The summed E-state index contributed by atoms with van der Waals surface area (Å²) in [6, 6.07) is 16.2. The molecule has 1 aliphatic heterocycles.